The molecule has 2 heterocycles. The van der Waals surface area contributed by atoms with Gasteiger partial charge in [0.25, 0.3) is 17.7 Å². The Hall–Kier alpha value is -5.83. The van der Waals surface area contributed by atoms with E-state index in [1.165, 1.54) is 24.3 Å². The fourth-order valence-electron chi connectivity index (χ4n) is 5.22. The zero-order valence-corrected chi connectivity index (χ0v) is 23.1. The summed E-state index contributed by atoms with van der Waals surface area (Å²) < 4.78 is 13.3. The van der Waals surface area contributed by atoms with Crippen molar-refractivity contribution in [3.63, 3.8) is 0 Å². The molecule has 43 heavy (non-hydrogen) atoms. The SMILES string of the molecule is Cc1c(NC(=O)c2ccc(F)cc2)cccc1-c1ccc(C(N)=O)c2[nH]c3cc(C(=O)NCc4ccccn4)ccc3c12. The van der Waals surface area contributed by atoms with E-state index in [0.29, 0.717) is 33.4 Å². The summed E-state index contributed by atoms with van der Waals surface area (Å²) in [5, 5.41) is 7.36. The number of primary amides is 1. The lowest BCUT2D eigenvalue weighted by Gasteiger charge is -2.15. The van der Waals surface area contributed by atoms with Crippen LogP contribution in [0.15, 0.2) is 97.2 Å². The molecule has 8 nitrogen and oxygen atoms in total. The van der Waals surface area contributed by atoms with Crippen LogP contribution in [0.25, 0.3) is 32.9 Å². The van der Waals surface area contributed by atoms with Gasteiger partial charge < -0.3 is 21.4 Å². The second-order valence-corrected chi connectivity index (χ2v) is 10.1. The number of H-pyrrole nitrogens is 1. The van der Waals surface area contributed by atoms with E-state index in [2.05, 4.69) is 20.6 Å². The topological polar surface area (TPSA) is 130 Å². The van der Waals surface area contributed by atoms with Crippen molar-refractivity contribution in [2.45, 2.75) is 13.5 Å². The van der Waals surface area contributed by atoms with E-state index in [4.69, 9.17) is 5.73 Å². The van der Waals surface area contributed by atoms with Crippen molar-refractivity contribution in [1.29, 1.82) is 0 Å². The highest BCUT2D eigenvalue weighted by Crippen LogP contribution is 2.39. The molecule has 5 N–H and O–H groups in total. The lowest BCUT2D eigenvalue weighted by atomic mass is 9.93. The van der Waals surface area contributed by atoms with Gasteiger partial charge in [0.05, 0.1) is 23.3 Å². The Bertz CT molecular complexity index is 2040. The first-order valence-corrected chi connectivity index (χ1v) is 13.5. The predicted molar refractivity (Wildman–Crippen MR) is 164 cm³/mol. The fraction of sp³-hybridized carbons (Fsp3) is 0.0588. The smallest absolute Gasteiger partial charge is 0.255 e. The third kappa shape index (κ3) is 5.31. The average Bonchev–Trinajstić information content (AvgIpc) is 3.40. The summed E-state index contributed by atoms with van der Waals surface area (Å²) in [5.41, 5.74) is 11.8. The summed E-state index contributed by atoms with van der Waals surface area (Å²) in [7, 11) is 0. The number of fused-ring (bicyclic) bond motifs is 3. The second-order valence-electron chi connectivity index (χ2n) is 10.1. The first-order chi connectivity index (χ1) is 20.8. The van der Waals surface area contributed by atoms with Crippen LogP contribution in [0.2, 0.25) is 0 Å². The quantitative estimate of drug-likeness (QED) is 0.184. The average molecular weight is 572 g/mol. The van der Waals surface area contributed by atoms with Gasteiger partial charge in [-0.3, -0.25) is 19.4 Å². The molecule has 0 atom stereocenters. The van der Waals surface area contributed by atoms with Crippen molar-refractivity contribution in [2.24, 2.45) is 5.73 Å². The summed E-state index contributed by atoms with van der Waals surface area (Å²) in [6, 6.07) is 25.2. The number of pyridine rings is 1. The molecular formula is C34H26FN5O3. The Morgan fingerprint density at radius 2 is 1.65 bits per heavy atom. The highest BCUT2D eigenvalue weighted by atomic mass is 19.1. The number of nitrogens with zero attached hydrogens (tertiary/aromatic N) is 1. The number of carbonyl (C=O) groups excluding carboxylic acids is 3. The third-order valence-corrected chi connectivity index (χ3v) is 7.42. The van der Waals surface area contributed by atoms with E-state index < -0.39 is 11.7 Å². The summed E-state index contributed by atoms with van der Waals surface area (Å²) in [4.78, 5) is 45.8. The third-order valence-electron chi connectivity index (χ3n) is 7.42. The highest BCUT2D eigenvalue weighted by Gasteiger charge is 2.20. The van der Waals surface area contributed by atoms with E-state index >= 15 is 0 Å². The number of benzene rings is 4. The van der Waals surface area contributed by atoms with Gasteiger partial charge in [-0.15, -0.1) is 0 Å². The molecule has 6 aromatic rings. The molecule has 0 radical (unpaired) electrons. The van der Waals surface area contributed by atoms with Crippen LogP contribution in [-0.2, 0) is 6.54 Å². The molecule has 0 saturated carbocycles. The summed E-state index contributed by atoms with van der Waals surface area (Å²) in [6.07, 6.45) is 1.67. The van der Waals surface area contributed by atoms with Crippen molar-refractivity contribution in [3.05, 3.63) is 131 Å². The number of rotatable bonds is 7. The zero-order valence-electron chi connectivity index (χ0n) is 23.1. The van der Waals surface area contributed by atoms with Crippen LogP contribution in [0, 0.1) is 12.7 Å². The molecule has 0 fully saturated rings. The lowest BCUT2D eigenvalue weighted by molar-refractivity contribution is 0.0948. The molecule has 0 spiro atoms. The number of nitrogens with one attached hydrogen (secondary N) is 3. The molecule has 0 aliphatic carbocycles. The number of halogens is 1. The minimum Gasteiger partial charge on any atom is -0.366 e. The molecule has 9 heteroatoms. The van der Waals surface area contributed by atoms with Gasteiger partial charge in [0, 0.05) is 39.3 Å². The number of nitrogens with two attached hydrogens (primary N) is 1. The van der Waals surface area contributed by atoms with Crippen molar-refractivity contribution >= 4 is 45.2 Å². The minimum atomic E-state index is -0.589. The van der Waals surface area contributed by atoms with Crippen LogP contribution in [0.1, 0.15) is 42.3 Å². The van der Waals surface area contributed by atoms with Crippen LogP contribution < -0.4 is 16.4 Å². The summed E-state index contributed by atoms with van der Waals surface area (Å²) in [5.74, 6) is -1.64. The van der Waals surface area contributed by atoms with E-state index in [9.17, 15) is 18.8 Å². The van der Waals surface area contributed by atoms with Gasteiger partial charge in [0.2, 0.25) is 0 Å². The molecule has 0 saturated heterocycles. The number of aromatic amines is 1. The predicted octanol–water partition coefficient (Wildman–Crippen LogP) is 6.11. The van der Waals surface area contributed by atoms with Gasteiger partial charge in [0.1, 0.15) is 5.82 Å². The van der Waals surface area contributed by atoms with Crippen molar-refractivity contribution in [2.75, 3.05) is 5.32 Å². The molecule has 0 aliphatic heterocycles. The molecule has 0 aliphatic rings. The first-order valence-electron chi connectivity index (χ1n) is 13.5. The van der Waals surface area contributed by atoms with Gasteiger partial charge in [-0.25, -0.2) is 4.39 Å². The molecule has 6 rings (SSSR count). The molecule has 0 unspecified atom stereocenters. The first kappa shape index (κ1) is 27.3. The number of carbonyl (C=O) groups is 3. The van der Waals surface area contributed by atoms with Gasteiger partial charge in [-0.1, -0.05) is 30.3 Å². The van der Waals surface area contributed by atoms with E-state index in [-0.39, 0.29) is 18.4 Å². The zero-order chi connectivity index (χ0) is 30.1. The van der Waals surface area contributed by atoms with E-state index in [1.807, 2.05) is 49.4 Å². The molecule has 0 bridgehead atoms. The highest BCUT2D eigenvalue weighted by molar-refractivity contribution is 6.20. The number of amides is 3. The number of anilines is 1. The maximum absolute atomic E-state index is 13.3. The van der Waals surface area contributed by atoms with Crippen LogP contribution in [0.3, 0.4) is 0 Å². The summed E-state index contributed by atoms with van der Waals surface area (Å²) in [6.45, 7) is 2.18. The Balaban J connectivity index is 1.40. The maximum Gasteiger partial charge on any atom is 0.255 e. The molecule has 3 amide bonds. The normalized spacial score (nSPS) is 11.0. The molecular weight excluding hydrogens is 545 g/mol. The Labute approximate surface area is 245 Å². The minimum absolute atomic E-state index is 0.262. The van der Waals surface area contributed by atoms with Crippen LogP contribution in [0.4, 0.5) is 10.1 Å². The van der Waals surface area contributed by atoms with Gasteiger partial charge in [-0.2, -0.15) is 0 Å². The Morgan fingerprint density at radius 3 is 2.40 bits per heavy atom. The maximum atomic E-state index is 13.3. The van der Waals surface area contributed by atoms with Crippen molar-refractivity contribution < 1.29 is 18.8 Å². The number of hydrogen-bond acceptors (Lipinski definition) is 4. The van der Waals surface area contributed by atoms with E-state index in [0.717, 1.165) is 33.2 Å². The van der Waals surface area contributed by atoms with Crippen LogP contribution in [-0.4, -0.2) is 27.7 Å². The summed E-state index contributed by atoms with van der Waals surface area (Å²) >= 11 is 0. The van der Waals surface area contributed by atoms with E-state index in [1.54, 1.807) is 30.5 Å². The molecule has 2 aromatic heterocycles. The van der Waals surface area contributed by atoms with Crippen LogP contribution >= 0.6 is 0 Å². The lowest BCUT2D eigenvalue weighted by Crippen LogP contribution is -2.23. The Kier molecular flexibility index (Phi) is 7.13. The molecule has 4 aromatic carbocycles. The second kappa shape index (κ2) is 11.2. The van der Waals surface area contributed by atoms with Gasteiger partial charge in [0.15, 0.2) is 0 Å². The number of hydrogen-bond donors (Lipinski definition) is 4. The largest absolute Gasteiger partial charge is 0.366 e. The van der Waals surface area contributed by atoms with Crippen LogP contribution in [0.5, 0.6) is 0 Å². The number of aromatic nitrogens is 2. The Morgan fingerprint density at radius 1 is 0.860 bits per heavy atom. The van der Waals surface area contributed by atoms with Gasteiger partial charge in [-0.05, 0) is 84.3 Å². The van der Waals surface area contributed by atoms with Gasteiger partial charge >= 0.3 is 0 Å². The standard InChI is InChI=1S/C34H26FN5O3/c1-19-24(6-4-7-28(19)40-34(43)20-8-11-22(35)12-9-20)25-14-15-27(32(36)41)31-30(25)26-13-10-21(17-29(26)39-31)33(42)38-18-23-5-2-3-16-37-23/h2-17,39H,18H2,1H3,(H2,36,41)(H,38,42)(H,40,43). The van der Waals surface area contributed by atoms with Crippen molar-refractivity contribution in [3.8, 4) is 11.1 Å². The van der Waals surface area contributed by atoms with Crippen molar-refractivity contribution in [1.82, 2.24) is 15.3 Å². The monoisotopic (exact) mass is 571 g/mol. The fourth-order valence-corrected chi connectivity index (χ4v) is 5.22. The molecule has 212 valence electrons.